The van der Waals surface area contributed by atoms with Crippen LogP contribution < -0.4 is 4.72 Å². The van der Waals surface area contributed by atoms with Crippen molar-refractivity contribution in [2.45, 2.75) is 11.4 Å². The van der Waals surface area contributed by atoms with Crippen molar-refractivity contribution in [1.29, 1.82) is 0 Å². The number of hydrogen-bond donors (Lipinski definition) is 3. The van der Waals surface area contributed by atoms with Crippen molar-refractivity contribution in [2.24, 2.45) is 0 Å². The minimum atomic E-state index is -3.39. The summed E-state index contributed by atoms with van der Waals surface area (Å²) in [6.45, 7) is 0.289. The van der Waals surface area contributed by atoms with Crippen molar-refractivity contribution in [3.63, 3.8) is 0 Å². The van der Waals surface area contributed by atoms with Crippen LogP contribution in [0.4, 0.5) is 0 Å². The van der Waals surface area contributed by atoms with E-state index in [-0.39, 0.29) is 11.4 Å². The molecule has 0 saturated carbocycles. The van der Waals surface area contributed by atoms with Gasteiger partial charge in [-0.15, -0.1) is 0 Å². The lowest BCUT2D eigenvalue weighted by atomic mass is 10.4. The van der Waals surface area contributed by atoms with Crippen LogP contribution in [-0.2, 0) is 16.6 Å². The van der Waals surface area contributed by atoms with E-state index < -0.39 is 10.0 Å². The lowest BCUT2D eigenvalue weighted by Crippen LogP contribution is -2.22. The van der Waals surface area contributed by atoms with Crippen LogP contribution in [0.5, 0.6) is 0 Å². The molecule has 0 bridgehead atoms. The van der Waals surface area contributed by atoms with E-state index in [1.165, 1.54) is 12.3 Å². The molecule has 3 N–H and O–H groups in total. The molecule has 5 nitrogen and oxygen atoms in total. The molecule has 0 spiro atoms. The zero-order valence-electron chi connectivity index (χ0n) is 7.90. The van der Waals surface area contributed by atoms with Crippen LogP contribution in [0.1, 0.15) is 5.56 Å². The molecular formula is C9H11N3O2S. The number of rotatable bonds is 4. The van der Waals surface area contributed by atoms with Gasteiger partial charge in [0.2, 0.25) is 10.0 Å². The van der Waals surface area contributed by atoms with E-state index >= 15 is 0 Å². The Bertz CT molecular complexity index is 500. The summed E-state index contributed by atoms with van der Waals surface area (Å²) in [6.07, 6.45) is 6.52. The Morgan fingerprint density at radius 3 is 2.47 bits per heavy atom. The molecule has 0 unspecified atom stereocenters. The van der Waals surface area contributed by atoms with Gasteiger partial charge in [-0.3, -0.25) is 0 Å². The van der Waals surface area contributed by atoms with Gasteiger partial charge >= 0.3 is 0 Å². The van der Waals surface area contributed by atoms with Gasteiger partial charge in [-0.2, -0.15) is 0 Å². The van der Waals surface area contributed by atoms with Gasteiger partial charge in [-0.1, -0.05) is 0 Å². The van der Waals surface area contributed by atoms with E-state index in [9.17, 15) is 8.42 Å². The van der Waals surface area contributed by atoms with E-state index in [0.717, 1.165) is 5.56 Å². The topological polar surface area (TPSA) is 77.8 Å². The van der Waals surface area contributed by atoms with Crippen LogP contribution in [0.15, 0.2) is 41.8 Å². The molecule has 6 heteroatoms. The van der Waals surface area contributed by atoms with Crippen molar-refractivity contribution in [3.8, 4) is 0 Å². The summed E-state index contributed by atoms with van der Waals surface area (Å²) in [4.78, 5) is 5.81. The van der Waals surface area contributed by atoms with Crippen LogP contribution in [-0.4, -0.2) is 18.4 Å². The Balaban J connectivity index is 2.06. The number of sulfonamides is 1. The third kappa shape index (κ3) is 2.28. The zero-order valence-corrected chi connectivity index (χ0v) is 8.71. The molecule has 80 valence electrons. The largest absolute Gasteiger partial charge is 0.367 e. The normalized spacial score (nSPS) is 11.7. The summed E-state index contributed by atoms with van der Waals surface area (Å²) in [6, 6.07) is 3.33. The van der Waals surface area contributed by atoms with Gasteiger partial charge in [-0.05, 0) is 17.7 Å². The predicted octanol–water partition coefficient (Wildman–Crippen LogP) is 0.821. The first-order chi connectivity index (χ1) is 7.18. The highest BCUT2D eigenvalue weighted by Crippen LogP contribution is 2.07. The van der Waals surface area contributed by atoms with Crippen LogP contribution in [0.3, 0.4) is 0 Å². The molecule has 2 heterocycles. The average Bonchev–Trinajstić information content (AvgIpc) is 2.88. The molecule has 0 fully saturated rings. The molecule has 2 rings (SSSR count). The van der Waals surface area contributed by atoms with E-state index in [4.69, 9.17) is 0 Å². The predicted molar refractivity (Wildman–Crippen MR) is 55.6 cm³/mol. The molecule has 0 saturated heterocycles. The molecule has 0 aliphatic heterocycles. The van der Waals surface area contributed by atoms with Crippen LogP contribution in [0, 0.1) is 0 Å². The molecule has 0 aliphatic carbocycles. The summed E-state index contributed by atoms with van der Waals surface area (Å²) < 4.78 is 25.8. The Morgan fingerprint density at radius 1 is 1.13 bits per heavy atom. The van der Waals surface area contributed by atoms with Crippen molar-refractivity contribution in [3.05, 3.63) is 42.5 Å². The van der Waals surface area contributed by atoms with Crippen molar-refractivity contribution < 1.29 is 8.42 Å². The molecular weight excluding hydrogens is 214 g/mol. The highest BCUT2D eigenvalue weighted by molar-refractivity contribution is 7.89. The summed E-state index contributed by atoms with van der Waals surface area (Å²) in [5.41, 5.74) is 0.897. The third-order valence-corrected chi connectivity index (χ3v) is 3.41. The maximum atomic E-state index is 11.6. The number of aromatic amines is 2. The molecule has 0 aromatic carbocycles. The number of hydrogen-bond acceptors (Lipinski definition) is 2. The monoisotopic (exact) mass is 225 g/mol. The Morgan fingerprint density at radius 2 is 1.87 bits per heavy atom. The Kier molecular flexibility index (Phi) is 2.61. The zero-order chi connectivity index (χ0) is 10.7. The summed E-state index contributed by atoms with van der Waals surface area (Å²) in [5, 5.41) is 0. The molecule has 0 aliphatic rings. The van der Waals surface area contributed by atoms with Gasteiger partial charge in [0.1, 0.15) is 0 Å². The van der Waals surface area contributed by atoms with Gasteiger partial charge in [0.15, 0.2) is 0 Å². The highest BCUT2D eigenvalue weighted by atomic mass is 32.2. The summed E-state index contributed by atoms with van der Waals surface area (Å²) >= 11 is 0. The minimum absolute atomic E-state index is 0.248. The summed E-state index contributed by atoms with van der Waals surface area (Å²) in [7, 11) is -3.39. The fourth-order valence-corrected chi connectivity index (χ4v) is 2.20. The maximum absolute atomic E-state index is 11.6. The van der Waals surface area contributed by atoms with E-state index in [1.54, 1.807) is 18.6 Å². The highest BCUT2D eigenvalue weighted by Gasteiger charge is 2.13. The lowest BCUT2D eigenvalue weighted by molar-refractivity contribution is 0.581. The van der Waals surface area contributed by atoms with Gasteiger partial charge in [0, 0.05) is 31.3 Å². The fourth-order valence-electron chi connectivity index (χ4n) is 1.21. The molecule has 2 aromatic heterocycles. The van der Waals surface area contributed by atoms with E-state index in [1.807, 2.05) is 6.07 Å². The van der Waals surface area contributed by atoms with E-state index in [0.29, 0.717) is 0 Å². The standard InChI is InChI=1S/C9H11N3O2S/c13-15(14,9-2-4-11-7-9)12-6-8-1-3-10-5-8/h1-5,7,10-12H,6H2. The van der Waals surface area contributed by atoms with Gasteiger partial charge in [-0.25, -0.2) is 13.1 Å². The molecule has 15 heavy (non-hydrogen) atoms. The van der Waals surface area contributed by atoms with Crippen molar-refractivity contribution in [2.75, 3.05) is 0 Å². The smallest absolute Gasteiger partial charge is 0.242 e. The lowest BCUT2D eigenvalue weighted by Gasteiger charge is -2.02. The number of H-pyrrole nitrogens is 2. The SMILES string of the molecule is O=S(=O)(NCc1cc[nH]c1)c1cc[nH]c1. The first-order valence-electron chi connectivity index (χ1n) is 4.42. The fraction of sp³-hybridized carbons (Fsp3) is 0.111. The second kappa shape index (κ2) is 3.92. The molecule has 0 amide bonds. The first-order valence-corrected chi connectivity index (χ1v) is 5.91. The second-order valence-corrected chi connectivity index (χ2v) is 4.86. The average molecular weight is 225 g/mol. The van der Waals surface area contributed by atoms with E-state index in [2.05, 4.69) is 14.7 Å². The van der Waals surface area contributed by atoms with Crippen LogP contribution >= 0.6 is 0 Å². The molecule has 2 aromatic rings. The van der Waals surface area contributed by atoms with Gasteiger partial charge in [0.05, 0.1) is 4.90 Å². The summed E-state index contributed by atoms with van der Waals surface area (Å²) in [5.74, 6) is 0. The van der Waals surface area contributed by atoms with Crippen LogP contribution in [0.25, 0.3) is 0 Å². The second-order valence-electron chi connectivity index (χ2n) is 3.09. The quantitative estimate of drug-likeness (QED) is 0.720. The van der Waals surface area contributed by atoms with Crippen molar-refractivity contribution >= 4 is 10.0 Å². The van der Waals surface area contributed by atoms with Crippen LogP contribution in [0.2, 0.25) is 0 Å². The number of aromatic nitrogens is 2. The number of nitrogens with one attached hydrogen (secondary N) is 3. The Hall–Kier alpha value is -1.53. The minimum Gasteiger partial charge on any atom is -0.367 e. The molecule has 0 atom stereocenters. The third-order valence-electron chi connectivity index (χ3n) is 2.01. The van der Waals surface area contributed by atoms with Crippen molar-refractivity contribution in [1.82, 2.24) is 14.7 Å². The molecule has 0 radical (unpaired) electrons. The maximum Gasteiger partial charge on any atom is 0.242 e. The van der Waals surface area contributed by atoms with Gasteiger partial charge in [0.25, 0.3) is 0 Å². The Labute approximate surface area is 87.6 Å². The van der Waals surface area contributed by atoms with Gasteiger partial charge < -0.3 is 9.97 Å². The first kappa shape index (κ1) is 10.0.